The third-order valence-corrected chi connectivity index (χ3v) is 5.34. The molecule has 2 aromatic heterocycles. The van der Waals surface area contributed by atoms with Crippen molar-refractivity contribution < 1.29 is 4.79 Å². The molecule has 0 aliphatic carbocycles. The molecule has 0 unspecified atom stereocenters. The van der Waals surface area contributed by atoms with Crippen molar-refractivity contribution >= 4 is 22.5 Å². The Morgan fingerprint density at radius 1 is 0.806 bits per heavy atom. The Labute approximate surface area is 178 Å². The second kappa shape index (κ2) is 7.91. The average molecular weight is 408 g/mol. The average Bonchev–Trinajstić information content (AvgIpc) is 3.32. The zero-order valence-electron chi connectivity index (χ0n) is 16.7. The molecule has 0 aliphatic rings. The Morgan fingerprint density at radius 3 is 2.26 bits per heavy atom. The van der Waals surface area contributed by atoms with Crippen molar-refractivity contribution in [2.75, 3.05) is 0 Å². The predicted octanol–water partition coefficient (Wildman–Crippen LogP) is 3.63. The largest absolute Gasteiger partial charge is 0.348 e. The van der Waals surface area contributed by atoms with E-state index in [0.717, 1.165) is 16.6 Å². The molecular weight excluding hydrogens is 388 g/mol. The minimum absolute atomic E-state index is 0.143. The first-order valence-corrected chi connectivity index (χ1v) is 10.1. The Hall–Kier alpha value is -4.19. The second-order valence-electron chi connectivity index (χ2n) is 7.38. The van der Waals surface area contributed by atoms with Crippen LogP contribution >= 0.6 is 0 Å². The van der Waals surface area contributed by atoms with E-state index in [0.29, 0.717) is 29.7 Å². The minimum atomic E-state index is -0.190. The van der Waals surface area contributed by atoms with Gasteiger partial charge in [-0.3, -0.25) is 9.59 Å². The van der Waals surface area contributed by atoms with Crippen molar-refractivity contribution in [1.29, 1.82) is 0 Å². The van der Waals surface area contributed by atoms with Gasteiger partial charge < -0.3 is 9.88 Å². The number of fused-ring (bicyclic) bond motifs is 3. The molecule has 0 spiro atoms. The van der Waals surface area contributed by atoms with E-state index in [2.05, 4.69) is 10.4 Å². The molecule has 3 aromatic carbocycles. The van der Waals surface area contributed by atoms with E-state index < -0.39 is 0 Å². The van der Waals surface area contributed by atoms with Gasteiger partial charge in [0.2, 0.25) is 0 Å². The molecule has 5 aromatic rings. The van der Waals surface area contributed by atoms with Crippen LogP contribution in [0.25, 0.3) is 16.6 Å². The molecule has 2 heterocycles. The predicted molar refractivity (Wildman–Crippen MR) is 120 cm³/mol. The first-order valence-electron chi connectivity index (χ1n) is 10.1. The molecule has 0 atom stereocenters. The van der Waals surface area contributed by atoms with Gasteiger partial charge >= 0.3 is 0 Å². The lowest BCUT2D eigenvalue weighted by molar-refractivity contribution is 0.0951. The first-order chi connectivity index (χ1) is 15.2. The van der Waals surface area contributed by atoms with Crippen LogP contribution in [0.3, 0.4) is 0 Å². The molecule has 1 N–H and O–H groups in total. The van der Waals surface area contributed by atoms with Gasteiger partial charge in [0.1, 0.15) is 5.52 Å². The molecule has 6 nitrogen and oxygen atoms in total. The van der Waals surface area contributed by atoms with Crippen LogP contribution in [0.5, 0.6) is 0 Å². The number of rotatable bonds is 5. The molecule has 5 rings (SSSR count). The van der Waals surface area contributed by atoms with E-state index in [1.807, 2.05) is 66.7 Å². The van der Waals surface area contributed by atoms with Gasteiger partial charge in [-0.2, -0.15) is 5.10 Å². The van der Waals surface area contributed by atoms with Crippen molar-refractivity contribution in [3.05, 3.63) is 118 Å². The lowest BCUT2D eigenvalue weighted by Gasteiger charge is -2.13. The van der Waals surface area contributed by atoms with Crippen LogP contribution in [0, 0.1) is 0 Å². The maximum atomic E-state index is 13.2. The fraction of sp³-hybridized carbons (Fsp3) is 0.0800. The molecule has 0 aliphatic heterocycles. The highest BCUT2D eigenvalue weighted by atomic mass is 16.1. The maximum Gasteiger partial charge on any atom is 0.277 e. The number of benzene rings is 3. The fourth-order valence-corrected chi connectivity index (χ4v) is 3.77. The normalized spacial score (nSPS) is 11.1. The zero-order valence-corrected chi connectivity index (χ0v) is 16.7. The monoisotopic (exact) mass is 408 g/mol. The highest BCUT2D eigenvalue weighted by molar-refractivity contribution is 5.97. The summed E-state index contributed by atoms with van der Waals surface area (Å²) in [6, 6.07) is 26.6. The van der Waals surface area contributed by atoms with Crippen molar-refractivity contribution in [2.45, 2.75) is 13.1 Å². The number of amides is 1. The topological polar surface area (TPSA) is 68.4 Å². The highest BCUT2D eigenvalue weighted by Crippen LogP contribution is 2.18. The van der Waals surface area contributed by atoms with Gasteiger partial charge in [0.15, 0.2) is 0 Å². The summed E-state index contributed by atoms with van der Waals surface area (Å²) in [5.41, 5.74) is 4.33. The molecule has 0 radical (unpaired) electrons. The number of nitrogens with one attached hydrogen (secondary N) is 1. The van der Waals surface area contributed by atoms with Gasteiger partial charge in [-0.05, 0) is 35.4 Å². The SMILES string of the molecule is O=C(NCc1ccccc1)c1ccc2c(c1)n(Cc1ccccc1)c(=O)c1ccnn12. The molecule has 31 heavy (non-hydrogen) atoms. The molecule has 1 amide bonds. The summed E-state index contributed by atoms with van der Waals surface area (Å²) >= 11 is 0. The van der Waals surface area contributed by atoms with Gasteiger partial charge in [0.05, 0.1) is 23.8 Å². The number of hydrogen-bond acceptors (Lipinski definition) is 3. The van der Waals surface area contributed by atoms with Crippen LogP contribution in [-0.2, 0) is 13.1 Å². The van der Waals surface area contributed by atoms with Crippen LogP contribution in [0.4, 0.5) is 0 Å². The Morgan fingerprint density at radius 2 is 1.52 bits per heavy atom. The van der Waals surface area contributed by atoms with E-state index >= 15 is 0 Å². The number of aromatic nitrogens is 3. The lowest BCUT2D eigenvalue weighted by Crippen LogP contribution is -2.25. The van der Waals surface area contributed by atoms with Crippen molar-refractivity contribution in [1.82, 2.24) is 19.5 Å². The number of hydrogen-bond donors (Lipinski definition) is 1. The lowest BCUT2D eigenvalue weighted by atomic mass is 10.1. The molecule has 0 fully saturated rings. The number of carbonyl (C=O) groups is 1. The summed E-state index contributed by atoms with van der Waals surface area (Å²) in [4.78, 5) is 26.0. The summed E-state index contributed by atoms with van der Waals surface area (Å²) in [6.45, 7) is 0.847. The Balaban J connectivity index is 1.57. The minimum Gasteiger partial charge on any atom is -0.348 e. The second-order valence-corrected chi connectivity index (χ2v) is 7.38. The van der Waals surface area contributed by atoms with E-state index in [1.165, 1.54) is 0 Å². The van der Waals surface area contributed by atoms with Crippen LogP contribution in [0.1, 0.15) is 21.5 Å². The van der Waals surface area contributed by atoms with Crippen molar-refractivity contribution in [2.24, 2.45) is 0 Å². The molecule has 0 saturated heterocycles. The van der Waals surface area contributed by atoms with Crippen LogP contribution in [0.15, 0.2) is 95.9 Å². The molecule has 152 valence electrons. The molecule has 6 heteroatoms. The third kappa shape index (κ3) is 3.59. The van der Waals surface area contributed by atoms with Crippen molar-refractivity contribution in [3.63, 3.8) is 0 Å². The zero-order chi connectivity index (χ0) is 21.2. The quantitative estimate of drug-likeness (QED) is 0.483. The maximum absolute atomic E-state index is 13.2. The third-order valence-electron chi connectivity index (χ3n) is 5.34. The Kier molecular flexibility index (Phi) is 4.80. The van der Waals surface area contributed by atoms with E-state index in [4.69, 9.17) is 0 Å². The van der Waals surface area contributed by atoms with Gasteiger partial charge in [-0.1, -0.05) is 60.7 Å². The summed E-state index contributed by atoms with van der Waals surface area (Å²) in [5, 5.41) is 7.26. The summed E-state index contributed by atoms with van der Waals surface area (Å²) in [5.74, 6) is -0.190. The molecular formula is C25H20N4O2. The highest BCUT2D eigenvalue weighted by Gasteiger charge is 2.15. The van der Waals surface area contributed by atoms with Crippen LogP contribution in [-0.4, -0.2) is 20.1 Å². The van der Waals surface area contributed by atoms with Gasteiger partial charge in [-0.15, -0.1) is 0 Å². The van der Waals surface area contributed by atoms with Gasteiger partial charge in [0, 0.05) is 12.1 Å². The number of nitrogens with zero attached hydrogens (tertiary/aromatic N) is 3. The van der Waals surface area contributed by atoms with Gasteiger partial charge in [0.25, 0.3) is 11.5 Å². The van der Waals surface area contributed by atoms with E-state index in [-0.39, 0.29) is 11.5 Å². The standard InChI is InChI=1S/C25H20N4O2/c30-24(26-16-18-7-3-1-4-8-18)20-11-12-21-23(15-20)28(17-19-9-5-2-6-10-19)25(31)22-13-14-27-29(21)22/h1-15H,16-17H2,(H,26,30). The smallest absolute Gasteiger partial charge is 0.277 e. The molecule has 0 bridgehead atoms. The molecule has 0 saturated carbocycles. The summed E-state index contributed by atoms with van der Waals surface area (Å²) in [7, 11) is 0. The summed E-state index contributed by atoms with van der Waals surface area (Å²) < 4.78 is 3.33. The fourth-order valence-electron chi connectivity index (χ4n) is 3.77. The Bertz CT molecular complexity index is 1440. The first kappa shape index (κ1) is 18.8. The number of carbonyl (C=O) groups excluding carboxylic acids is 1. The van der Waals surface area contributed by atoms with Gasteiger partial charge in [-0.25, -0.2) is 4.52 Å². The van der Waals surface area contributed by atoms with E-state index in [1.54, 1.807) is 33.5 Å². The van der Waals surface area contributed by atoms with Crippen LogP contribution < -0.4 is 10.9 Å². The van der Waals surface area contributed by atoms with Crippen LogP contribution in [0.2, 0.25) is 0 Å². The van der Waals surface area contributed by atoms with E-state index in [9.17, 15) is 9.59 Å². The summed E-state index contributed by atoms with van der Waals surface area (Å²) in [6.07, 6.45) is 1.61. The van der Waals surface area contributed by atoms with Crippen molar-refractivity contribution in [3.8, 4) is 0 Å².